The van der Waals surface area contributed by atoms with Crippen molar-refractivity contribution in [1.29, 1.82) is 0 Å². The fraction of sp³-hybridized carbons (Fsp3) is 0.136. The molecule has 0 unspecified atom stereocenters. The van der Waals surface area contributed by atoms with E-state index >= 15 is 0 Å². The first kappa shape index (κ1) is 19.6. The van der Waals surface area contributed by atoms with Crippen LogP contribution in [-0.4, -0.2) is 20.9 Å². The lowest BCUT2D eigenvalue weighted by Crippen LogP contribution is -2.31. The quantitative estimate of drug-likeness (QED) is 0.671. The van der Waals surface area contributed by atoms with Gasteiger partial charge in [-0.2, -0.15) is 0 Å². The van der Waals surface area contributed by atoms with Crippen molar-refractivity contribution in [2.45, 2.75) is 18.7 Å². The molecule has 0 aromatic heterocycles. The molecule has 6 heteroatoms. The molecule has 0 saturated carbocycles. The summed E-state index contributed by atoms with van der Waals surface area (Å²) in [6.45, 7) is 3.98. The summed E-state index contributed by atoms with van der Waals surface area (Å²) in [5, 5.41) is 2.74. The van der Waals surface area contributed by atoms with Gasteiger partial charge in [0, 0.05) is 12.1 Å². The molecule has 1 amide bonds. The van der Waals surface area contributed by atoms with Gasteiger partial charge >= 0.3 is 0 Å². The second-order valence-corrected chi connectivity index (χ2v) is 8.15. The molecule has 5 nitrogen and oxygen atoms in total. The van der Waals surface area contributed by atoms with E-state index in [0.717, 1.165) is 5.56 Å². The lowest BCUT2D eigenvalue weighted by atomic mass is 10.1. The molecule has 0 aliphatic rings. The maximum absolute atomic E-state index is 13.3. The molecule has 0 fully saturated rings. The second-order valence-electron chi connectivity index (χ2n) is 6.32. The lowest BCUT2D eigenvalue weighted by molar-refractivity contribution is 0.102. The normalized spacial score (nSPS) is 11.1. The van der Waals surface area contributed by atoms with E-state index in [1.807, 2.05) is 25.1 Å². The van der Waals surface area contributed by atoms with E-state index < -0.39 is 10.0 Å². The predicted molar refractivity (Wildman–Crippen MR) is 112 cm³/mol. The van der Waals surface area contributed by atoms with Crippen molar-refractivity contribution >= 4 is 27.3 Å². The molecule has 0 heterocycles. The van der Waals surface area contributed by atoms with Crippen LogP contribution in [0.1, 0.15) is 22.8 Å². The molecule has 0 spiro atoms. The monoisotopic (exact) mass is 394 g/mol. The third kappa shape index (κ3) is 4.07. The fourth-order valence-electron chi connectivity index (χ4n) is 2.90. The summed E-state index contributed by atoms with van der Waals surface area (Å²) in [6, 6.07) is 22.4. The van der Waals surface area contributed by atoms with Crippen LogP contribution in [0.15, 0.2) is 83.8 Å². The van der Waals surface area contributed by atoms with E-state index in [1.54, 1.807) is 61.5 Å². The zero-order valence-corrected chi connectivity index (χ0v) is 16.6. The minimum absolute atomic E-state index is 0.0566. The van der Waals surface area contributed by atoms with Gasteiger partial charge in [-0.15, -0.1) is 0 Å². The number of carbonyl (C=O) groups excluding carboxylic acids is 1. The highest BCUT2D eigenvalue weighted by Gasteiger charge is 2.26. The number of amides is 1. The van der Waals surface area contributed by atoms with Gasteiger partial charge in [-0.05, 0) is 50.2 Å². The Morgan fingerprint density at radius 2 is 1.50 bits per heavy atom. The molecule has 3 aromatic carbocycles. The number of anilines is 2. The zero-order valence-electron chi connectivity index (χ0n) is 15.8. The Kier molecular flexibility index (Phi) is 5.80. The van der Waals surface area contributed by atoms with Crippen LogP contribution in [0.2, 0.25) is 0 Å². The average Bonchev–Trinajstić information content (AvgIpc) is 2.70. The third-order valence-corrected chi connectivity index (χ3v) is 6.31. The van der Waals surface area contributed by atoms with E-state index in [0.29, 0.717) is 11.3 Å². The van der Waals surface area contributed by atoms with Crippen molar-refractivity contribution in [1.82, 2.24) is 0 Å². The molecule has 0 bridgehead atoms. The molecule has 1 N–H and O–H groups in total. The maximum Gasteiger partial charge on any atom is 0.266 e. The van der Waals surface area contributed by atoms with Gasteiger partial charge in [-0.3, -0.25) is 9.10 Å². The third-order valence-electron chi connectivity index (χ3n) is 4.35. The van der Waals surface area contributed by atoms with Gasteiger partial charge in [0.15, 0.2) is 0 Å². The molecule has 0 radical (unpaired) electrons. The second kappa shape index (κ2) is 8.27. The topological polar surface area (TPSA) is 66.5 Å². The van der Waals surface area contributed by atoms with Gasteiger partial charge in [-0.1, -0.05) is 48.0 Å². The van der Waals surface area contributed by atoms with Gasteiger partial charge < -0.3 is 5.32 Å². The van der Waals surface area contributed by atoms with Crippen LogP contribution in [0.3, 0.4) is 0 Å². The van der Waals surface area contributed by atoms with E-state index in [1.165, 1.54) is 10.4 Å². The Labute approximate surface area is 165 Å². The van der Waals surface area contributed by atoms with Crippen LogP contribution in [0, 0.1) is 6.92 Å². The molecule has 3 aromatic rings. The van der Waals surface area contributed by atoms with Crippen molar-refractivity contribution in [3.8, 4) is 0 Å². The summed E-state index contributed by atoms with van der Waals surface area (Å²) < 4.78 is 28.0. The Morgan fingerprint density at radius 3 is 2.14 bits per heavy atom. The first-order chi connectivity index (χ1) is 13.4. The molecule has 0 atom stereocenters. The van der Waals surface area contributed by atoms with Crippen molar-refractivity contribution < 1.29 is 13.2 Å². The number of benzene rings is 3. The van der Waals surface area contributed by atoms with Gasteiger partial charge in [0.25, 0.3) is 15.9 Å². The number of nitrogens with one attached hydrogen (secondary N) is 1. The fourth-order valence-corrected chi connectivity index (χ4v) is 4.52. The summed E-state index contributed by atoms with van der Waals surface area (Å²) in [5.74, 6) is -0.356. The zero-order chi connectivity index (χ0) is 20.1. The molecule has 3 rings (SSSR count). The number of hydrogen-bond donors (Lipinski definition) is 1. The van der Waals surface area contributed by atoms with E-state index in [2.05, 4.69) is 5.32 Å². The highest BCUT2D eigenvalue weighted by molar-refractivity contribution is 7.93. The van der Waals surface area contributed by atoms with Crippen LogP contribution in [0.4, 0.5) is 11.4 Å². The number of nitrogens with zero attached hydrogens (tertiary/aromatic N) is 1. The van der Waals surface area contributed by atoms with Gasteiger partial charge in [0.05, 0.1) is 11.4 Å². The number of carbonyl (C=O) groups is 1. The molecule has 0 aliphatic heterocycles. The van der Waals surface area contributed by atoms with E-state index in [-0.39, 0.29) is 23.0 Å². The van der Waals surface area contributed by atoms with Crippen LogP contribution in [0.5, 0.6) is 0 Å². The minimum atomic E-state index is -3.85. The summed E-state index contributed by atoms with van der Waals surface area (Å²) in [6.07, 6.45) is 0. The number of para-hydroxylation sites is 2. The van der Waals surface area contributed by atoms with Gasteiger partial charge in [0.2, 0.25) is 0 Å². The van der Waals surface area contributed by atoms with Crippen molar-refractivity contribution in [3.05, 3.63) is 90.0 Å². The van der Waals surface area contributed by atoms with Crippen LogP contribution in [-0.2, 0) is 10.0 Å². The SMILES string of the molecule is CCN(c1ccccc1)S(=O)(=O)c1ccccc1NC(=O)c1ccc(C)cc1. The molecular formula is C22H22N2O3S. The number of aryl methyl sites for hydroxylation is 1. The van der Waals surface area contributed by atoms with Crippen LogP contribution >= 0.6 is 0 Å². The summed E-state index contributed by atoms with van der Waals surface area (Å²) in [4.78, 5) is 12.7. The largest absolute Gasteiger partial charge is 0.321 e. The minimum Gasteiger partial charge on any atom is -0.321 e. The summed E-state index contributed by atoms with van der Waals surface area (Å²) in [5.41, 5.74) is 2.33. The van der Waals surface area contributed by atoms with Crippen molar-refractivity contribution in [2.24, 2.45) is 0 Å². The highest BCUT2D eigenvalue weighted by atomic mass is 32.2. The first-order valence-corrected chi connectivity index (χ1v) is 10.4. The molecule has 0 saturated heterocycles. The Hall–Kier alpha value is -3.12. The van der Waals surface area contributed by atoms with E-state index in [9.17, 15) is 13.2 Å². The molecule has 28 heavy (non-hydrogen) atoms. The van der Waals surface area contributed by atoms with Crippen molar-refractivity contribution in [2.75, 3.05) is 16.2 Å². The highest BCUT2D eigenvalue weighted by Crippen LogP contribution is 2.28. The van der Waals surface area contributed by atoms with Crippen LogP contribution in [0.25, 0.3) is 0 Å². The molecular weight excluding hydrogens is 372 g/mol. The summed E-state index contributed by atoms with van der Waals surface area (Å²) >= 11 is 0. The lowest BCUT2D eigenvalue weighted by Gasteiger charge is -2.24. The predicted octanol–water partition coefficient (Wildman–Crippen LogP) is 4.46. The number of hydrogen-bond acceptors (Lipinski definition) is 3. The van der Waals surface area contributed by atoms with Crippen molar-refractivity contribution in [3.63, 3.8) is 0 Å². The maximum atomic E-state index is 13.3. The van der Waals surface area contributed by atoms with Gasteiger partial charge in [-0.25, -0.2) is 8.42 Å². The Morgan fingerprint density at radius 1 is 0.893 bits per heavy atom. The van der Waals surface area contributed by atoms with Crippen LogP contribution < -0.4 is 9.62 Å². The Bertz CT molecular complexity index is 1060. The number of sulfonamides is 1. The standard InChI is InChI=1S/C22H22N2O3S/c1-3-24(19-9-5-4-6-10-19)28(26,27)21-12-8-7-11-20(21)23-22(25)18-15-13-17(2)14-16-18/h4-16H,3H2,1-2H3,(H,23,25). The average molecular weight is 394 g/mol. The summed E-state index contributed by atoms with van der Waals surface area (Å²) in [7, 11) is -3.85. The molecule has 0 aliphatic carbocycles. The smallest absolute Gasteiger partial charge is 0.266 e. The first-order valence-electron chi connectivity index (χ1n) is 8.98. The molecule has 144 valence electrons. The Balaban J connectivity index is 1.97. The van der Waals surface area contributed by atoms with E-state index in [4.69, 9.17) is 0 Å². The van der Waals surface area contributed by atoms with Gasteiger partial charge in [0.1, 0.15) is 4.90 Å². The number of rotatable bonds is 6.